The van der Waals surface area contributed by atoms with Crippen molar-refractivity contribution in [3.63, 3.8) is 0 Å². The zero-order valence-electron chi connectivity index (χ0n) is 6.65. The topological polar surface area (TPSA) is 33.0 Å². The van der Waals surface area contributed by atoms with E-state index in [0.717, 1.165) is 0 Å². The number of nitriles is 1. The molecule has 0 radical (unpaired) electrons. The number of hydrogen-bond donors (Lipinski definition) is 0. The number of ether oxygens (including phenoxy) is 1. The molecule has 2 nitrogen and oxygen atoms in total. The highest BCUT2D eigenvalue weighted by atomic mass is 19.3. The summed E-state index contributed by atoms with van der Waals surface area (Å²) in [6.45, 7) is -2.93. The van der Waals surface area contributed by atoms with Crippen LogP contribution in [0.4, 0.5) is 8.78 Å². The first-order valence-electron chi connectivity index (χ1n) is 3.62. The lowest BCUT2D eigenvalue weighted by atomic mass is 10.1. The Morgan fingerprint density at radius 1 is 1.23 bits per heavy atom. The number of nitrogens with zero attached hydrogens (tertiary/aromatic N) is 1. The molecule has 0 amide bonds. The highest BCUT2D eigenvalue weighted by Gasteiger charge is 2.15. The summed E-state index contributed by atoms with van der Waals surface area (Å²) in [5.41, 5.74) is 0.435. The van der Waals surface area contributed by atoms with Crippen molar-refractivity contribution in [1.29, 1.82) is 5.26 Å². The van der Waals surface area contributed by atoms with Crippen LogP contribution in [0, 0.1) is 11.3 Å². The molecule has 4 heteroatoms. The minimum Gasteiger partial charge on any atom is -0.299 e. The molecular weight excluding hydrogens is 176 g/mol. The van der Waals surface area contributed by atoms with Crippen LogP contribution in [-0.2, 0) is 4.74 Å². The molecule has 0 heterocycles. The molecule has 0 aliphatic carbocycles. The predicted molar refractivity (Wildman–Crippen MR) is 41.9 cm³/mol. The van der Waals surface area contributed by atoms with Gasteiger partial charge < -0.3 is 0 Å². The molecule has 1 rings (SSSR count). The first kappa shape index (κ1) is 9.62. The highest BCUT2D eigenvalue weighted by Crippen LogP contribution is 2.18. The number of hydrogen-bond acceptors (Lipinski definition) is 2. The summed E-state index contributed by atoms with van der Waals surface area (Å²) in [6.07, 6.45) is -1.19. The number of benzene rings is 1. The summed E-state index contributed by atoms with van der Waals surface area (Å²) in [5, 5.41) is 8.52. The van der Waals surface area contributed by atoms with Gasteiger partial charge in [-0.15, -0.1) is 0 Å². The Balaban J connectivity index is 2.75. The maximum absolute atomic E-state index is 11.8. The predicted octanol–water partition coefficient (Wildman–Crippen LogP) is 2.49. The second kappa shape index (κ2) is 4.53. The van der Waals surface area contributed by atoms with Gasteiger partial charge in [-0.1, -0.05) is 30.3 Å². The molecule has 0 aliphatic heterocycles. The van der Waals surface area contributed by atoms with E-state index < -0.39 is 12.7 Å². The summed E-state index contributed by atoms with van der Waals surface area (Å²) >= 11 is 0. The minimum absolute atomic E-state index is 0.435. The van der Waals surface area contributed by atoms with Crippen LogP contribution >= 0.6 is 0 Å². The van der Waals surface area contributed by atoms with Crippen LogP contribution in [0.1, 0.15) is 11.7 Å². The van der Waals surface area contributed by atoms with E-state index in [1.54, 1.807) is 36.4 Å². The van der Waals surface area contributed by atoms with Gasteiger partial charge >= 0.3 is 6.61 Å². The fourth-order valence-corrected chi connectivity index (χ4v) is 0.914. The summed E-state index contributed by atoms with van der Waals surface area (Å²) in [7, 11) is 0. The molecule has 0 fully saturated rings. The van der Waals surface area contributed by atoms with Gasteiger partial charge in [0.25, 0.3) is 0 Å². The molecule has 0 aromatic heterocycles. The van der Waals surface area contributed by atoms with Gasteiger partial charge in [-0.3, -0.25) is 4.74 Å². The zero-order chi connectivity index (χ0) is 9.68. The van der Waals surface area contributed by atoms with Crippen LogP contribution in [0.25, 0.3) is 0 Å². The molecule has 1 aromatic carbocycles. The van der Waals surface area contributed by atoms with E-state index in [9.17, 15) is 8.78 Å². The van der Waals surface area contributed by atoms with Gasteiger partial charge in [0.05, 0.1) is 6.07 Å². The molecule has 68 valence electrons. The maximum atomic E-state index is 11.8. The first-order valence-corrected chi connectivity index (χ1v) is 3.62. The van der Waals surface area contributed by atoms with Crippen molar-refractivity contribution in [2.75, 3.05) is 0 Å². The third-order valence-electron chi connectivity index (χ3n) is 1.46. The lowest BCUT2D eigenvalue weighted by Gasteiger charge is -2.08. The van der Waals surface area contributed by atoms with Crippen molar-refractivity contribution < 1.29 is 13.5 Å². The molecule has 0 spiro atoms. The lowest BCUT2D eigenvalue weighted by Crippen LogP contribution is -2.06. The Hall–Kier alpha value is -1.47. The average Bonchev–Trinajstić information content (AvgIpc) is 2.15. The standard InChI is InChI=1S/C9H7F2NO/c10-9(11)13-8(6-12)7-4-2-1-3-5-7/h1-5,8-9H. The number of rotatable bonds is 3. The fourth-order valence-electron chi connectivity index (χ4n) is 0.914. The van der Waals surface area contributed by atoms with Crippen LogP contribution in [0.2, 0.25) is 0 Å². The molecule has 0 saturated heterocycles. The summed E-state index contributed by atoms with van der Waals surface area (Å²) < 4.78 is 27.7. The molecule has 1 atom stereocenters. The Labute approximate surface area is 74.4 Å². The zero-order valence-corrected chi connectivity index (χ0v) is 6.65. The lowest BCUT2D eigenvalue weighted by molar-refractivity contribution is -0.149. The molecule has 13 heavy (non-hydrogen) atoms. The van der Waals surface area contributed by atoms with Gasteiger partial charge in [-0.2, -0.15) is 14.0 Å². The Morgan fingerprint density at radius 3 is 2.31 bits per heavy atom. The van der Waals surface area contributed by atoms with Gasteiger partial charge in [0.1, 0.15) is 0 Å². The van der Waals surface area contributed by atoms with E-state index >= 15 is 0 Å². The Kier molecular flexibility index (Phi) is 3.35. The van der Waals surface area contributed by atoms with Crippen LogP contribution in [0.15, 0.2) is 30.3 Å². The van der Waals surface area contributed by atoms with Crippen LogP contribution in [0.5, 0.6) is 0 Å². The van der Waals surface area contributed by atoms with Gasteiger partial charge in [-0.25, -0.2) is 0 Å². The van der Waals surface area contributed by atoms with E-state index in [-0.39, 0.29) is 0 Å². The maximum Gasteiger partial charge on any atom is 0.346 e. The van der Waals surface area contributed by atoms with E-state index in [0.29, 0.717) is 5.56 Å². The van der Waals surface area contributed by atoms with E-state index in [1.807, 2.05) is 0 Å². The number of alkyl halides is 2. The third-order valence-corrected chi connectivity index (χ3v) is 1.46. The fraction of sp³-hybridized carbons (Fsp3) is 0.222. The Morgan fingerprint density at radius 2 is 1.85 bits per heavy atom. The second-order valence-corrected chi connectivity index (χ2v) is 2.32. The Bertz CT molecular complexity index is 294. The van der Waals surface area contributed by atoms with E-state index in [1.165, 1.54) is 0 Å². The van der Waals surface area contributed by atoms with Crippen molar-refractivity contribution in [3.8, 4) is 6.07 Å². The molecule has 0 bridgehead atoms. The largest absolute Gasteiger partial charge is 0.346 e. The molecule has 0 aliphatic rings. The average molecular weight is 183 g/mol. The van der Waals surface area contributed by atoms with Gasteiger partial charge in [0.2, 0.25) is 0 Å². The summed E-state index contributed by atoms with van der Waals surface area (Å²) in [5.74, 6) is 0. The van der Waals surface area contributed by atoms with Gasteiger partial charge in [-0.05, 0) is 5.56 Å². The van der Waals surface area contributed by atoms with Crippen molar-refractivity contribution in [3.05, 3.63) is 35.9 Å². The van der Waals surface area contributed by atoms with E-state index in [4.69, 9.17) is 5.26 Å². The first-order chi connectivity index (χ1) is 6.24. The normalized spacial score (nSPS) is 12.5. The molecule has 0 saturated carbocycles. The molecule has 0 N–H and O–H groups in total. The molecular formula is C9H7F2NO. The second-order valence-electron chi connectivity index (χ2n) is 2.32. The van der Waals surface area contributed by atoms with Crippen LogP contribution < -0.4 is 0 Å². The van der Waals surface area contributed by atoms with E-state index in [2.05, 4.69) is 4.74 Å². The third kappa shape index (κ3) is 2.80. The van der Waals surface area contributed by atoms with Crippen molar-refractivity contribution in [2.45, 2.75) is 12.7 Å². The van der Waals surface area contributed by atoms with Gasteiger partial charge in [0.15, 0.2) is 6.10 Å². The van der Waals surface area contributed by atoms with Crippen molar-refractivity contribution in [2.24, 2.45) is 0 Å². The smallest absolute Gasteiger partial charge is 0.299 e. The molecule has 1 unspecified atom stereocenters. The monoisotopic (exact) mass is 183 g/mol. The highest BCUT2D eigenvalue weighted by molar-refractivity contribution is 5.21. The van der Waals surface area contributed by atoms with Crippen LogP contribution in [-0.4, -0.2) is 6.61 Å². The molecule has 1 aromatic rings. The SMILES string of the molecule is N#CC(OC(F)F)c1ccccc1. The summed E-state index contributed by atoms with van der Waals surface area (Å²) in [4.78, 5) is 0. The quantitative estimate of drug-likeness (QED) is 0.721. The summed E-state index contributed by atoms with van der Waals surface area (Å²) in [6, 6.07) is 9.84. The van der Waals surface area contributed by atoms with Crippen LogP contribution in [0.3, 0.4) is 0 Å². The number of halogens is 2. The minimum atomic E-state index is -2.93. The van der Waals surface area contributed by atoms with Crippen molar-refractivity contribution in [1.82, 2.24) is 0 Å². The van der Waals surface area contributed by atoms with Crippen molar-refractivity contribution >= 4 is 0 Å². The van der Waals surface area contributed by atoms with Gasteiger partial charge in [0, 0.05) is 0 Å².